The van der Waals surface area contributed by atoms with Gasteiger partial charge in [0.2, 0.25) is 17.7 Å². The average molecular weight is 369 g/mol. The van der Waals surface area contributed by atoms with Crippen LogP contribution in [0.1, 0.15) is 37.7 Å². The lowest BCUT2D eigenvalue weighted by Gasteiger charge is -2.33. The molecule has 1 aromatic rings. The van der Waals surface area contributed by atoms with Crippen molar-refractivity contribution in [2.75, 3.05) is 19.6 Å². The van der Waals surface area contributed by atoms with E-state index < -0.39 is 0 Å². The molecule has 1 saturated carbocycles. The van der Waals surface area contributed by atoms with Crippen LogP contribution in [0.15, 0.2) is 30.3 Å². The van der Waals surface area contributed by atoms with Crippen molar-refractivity contribution >= 4 is 17.7 Å². The van der Waals surface area contributed by atoms with Gasteiger partial charge in [0.05, 0.1) is 5.92 Å². The Kier molecular flexibility index (Phi) is 5.14. The summed E-state index contributed by atoms with van der Waals surface area (Å²) in [5.74, 6) is 0.316. The SMILES string of the molecule is O=C(NC1CCN(C(=O)C2CC(=O)N(Cc3ccccc3)C2)CC1)C1CC1. The van der Waals surface area contributed by atoms with Gasteiger partial charge in [-0.1, -0.05) is 30.3 Å². The second-order valence-electron chi connectivity index (χ2n) is 8.04. The lowest BCUT2D eigenvalue weighted by Crippen LogP contribution is -2.48. The number of carbonyl (C=O) groups excluding carboxylic acids is 3. The number of likely N-dealkylation sites (tertiary alicyclic amines) is 2. The van der Waals surface area contributed by atoms with Crippen molar-refractivity contribution in [3.63, 3.8) is 0 Å². The molecule has 144 valence electrons. The molecule has 2 saturated heterocycles. The molecule has 0 bridgehead atoms. The van der Waals surface area contributed by atoms with Crippen LogP contribution in [-0.2, 0) is 20.9 Å². The van der Waals surface area contributed by atoms with Gasteiger partial charge in [0.1, 0.15) is 0 Å². The number of nitrogens with zero attached hydrogens (tertiary/aromatic N) is 2. The Morgan fingerprint density at radius 2 is 1.70 bits per heavy atom. The molecule has 0 radical (unpaired) electrons. The number of hydrogen-bond acceptors (Lipinski definition) is 3. The van der Waals surface area contributed by atoms with Crippen molar-refractivity contribution in [1.82, 2.24) is 15.1 Å². The first-order chi connectivity index (χ1) is 13.1. The van der Waals surface area contributed by atoms with Gasteiger partial charge in [-0.15, -0.1) is 0 Å². The highest BCUT2D eigenvalue weighted by Crippen LogP contribution is 2.29. The molecule has 27 heavy (non-hydrogen) atoms. The summed E-state index contributed by atoms with van der Waals surface area (Å²) in [7, 11) is 0. The lowest BCUT2D eigenvalue weighted by molar-refractivity contribution is -0.137. The fourth-order valence-electron chi connectivity index (χ4n) is 4.06. The van der Waals surface area contributed by atoms with Crippen molar-refractivity contribution < 1.29 is 14.4 Å². The highest BCUT2D eigenvalue weighted by molar-refractivity contribution is 5.89. The first kappa shape index (κ1) is 18.0. The van der Waals surface area contributed by atoms with E-state index in [1.807, 2.05) is 35.2 Å². The molecule has 2 heterocycles. The number of carbonyl (C=O) groups is 3. The molecule has 0 aromatic heterocycles. The summed E-state index contributed by atoms with van der Waals surface area (Å²) in [4.78, 5) is 40.7. The molecule has 3 amide bonds. The quantitative estimate of drug-likeness (QED) is 0.856. The van der Waals surface area contributed by atoms with E-state index in [0.29, 0.717) is 32.6 Å². The average Bonchev–Trinajstić information content (AvgIpc) is 3.47. The Morgan fingerprint density at radius 3 is 2.37 bits per heavy atom. The Hall–Kier alpha value is -2.37. The molecule has 1 aromatic carbocycles. The zero-order valence-corrected chi connectivity index (χ0v) is 15.6. The van der Waals surface area contributed by atoms with Crippen molar-refractivity contribution in [2.45, 2.75) is 44.7 Å². The van der Waals surface area contributed by atoms with Gasteiger partial charge < -0.3 is 15.1 Å². The summed E-state index contributed by atoms with van der Waals surface area (Å²) in [5, 5.41) is 3.11. The molecule has 1 aliphatic carbocycles. The van der Waals surface area contributed by atoms with Crippen molar-refractivity contribution in [3.05, 3.63) is 35.9 Å². The number of hydrogen-bond donors (Lipinski definition) is 1. The van der Waals surface area contributed by atoms with E-state index in [4.69, 9.17) is 0 Å². The van der Waals surface area contributed by atoms with Crippen LogP contribution >= 0.6 is 0 Å². The standard InChI is InChI=1S/C21H27N3O3/c25-19-12-17(14-24(19)13-15-4-2-1-3-5-15)21(27)23-10-8-18(9-11-23)22-20(26)16-6-7-16/h1-5,16-18H,6-14H2,(H,22,26). The van der Waals surface area contributed by atoms with Crippen LogP contribution in [0.5, 0.6) is 0 Å². The zero-order valence-electron chi connectivity index (χ0n) is 15.6. The monoisotopic (exact) mass is 369 g/mol. The summed E-state index contributed by atoms with van der Waals surface area (Å²) in [5.41, 5.74) is 1.09. The van der Waals surface area contributed by atoms with Crippen LogP contribution in [0.4, 0.5) is 0 Å². The highest BCUT2D eigenvalue weighted by Gasteiger charge is 2.38. The van der Waals surface area contributed by atoms with Crippen molar-refractivity contribution in [1.29, 1.82) is 0 Å². The summed E-state index contributed by atoms with van der Waals surface area (Å²) in [6.07, 6.45) is 3.94. The van der Waals surface area contributed by atoms with Gasteiger partial charge in [-0.25, -0.2) is 0 Å². The van der Waals surface area contributed by atoms with Gasteiger partial charge in [-0.3, -0.25) is 14.4 Å². The van der Waals surface area contributed by atoms with Gasteiger partial charge in [0, 0.05) is 44.6 Å². The molecule has 2 aliphatic heterocycles. The molecule has 1 N–H and O–H groups in total. The van der Waals surface area contributed by atoms with E-state index in [2.05, 4.69) is 5.32 Å². The first-order valence-electron chi connectivity index (χ1n) is 10.0. The predicted molar refractivity (Wildman–Crippen MR) is 100 cm³/mol. The molecule has 3 aliphatic rings. The minimum atomic E-state index is -0.237. The second kappa shape index (κ2) is 7.71. The summed E-state index contributed by atoms with van der Waals surface area (Å²) < 4.78 is 0. The third-order valence-electron chi connectivity index (χ3n) is 5.88. The van der Waals surface area contributed by atoms with E-state index in [1.165, 1.54) is 0 Å². The predicted octanol–water partition coefficient (Wildman–Crippen LogP) is 1.55. The largest absolute Gasteiger partial charge is 0.353 e. The molecule has 4 rings (SSSR count). The molecule has 0 spiro atoms. The Labute approximate surface area is 159 Å². The number of piperidine rings is 1. The van der Waals surface area contributed by atoms with E-state index >= 15 is 0 Å². The van der Waals surface area contributed by atoms with Gasteiger partial charge in [-0.2, -0.15) is 0 Å². The van der Waals surface area contributed by atoms with Gasteiger partial charge >= 0.3 is 0 Å². The van der Waals surface area contributed by atoms with Gasteiger partial charge in [0.15, 0.2) is 0 Å². The number of benzene rings is 1. The zero-order chi connectivity index (χ0) is 18.8. The van der Waals surface area contributed by atoms with E-state index in [0.717, 1.165) is 31.2 Å². The third-order valence-corrected chi connectivity index (χ3v) is 5.88. The maximum absolute atomic E-state index is 12.9. The molecule has 6 nitrogen and oxygen atoms in total. The Bertz CT molecular complexity index is 709. The Balaban J connectivity index is 1.26. The fraction of sp³-hybridized carbons (Fsp3) is 0.571. The minimum absolute atomic E-state index is 0.0591. The molecule has 6 heteroatoms. The van der Waals surface area contributed by atoms with Gasteiger partial charge in [-0.05, 0) is 31.2 Å². The molecule has 3 fully saturated rings. The summed E-state index contributed by atoms with van der Waals surface area (Å²) in [6.45, 7) is 2.40. The lowest BCUT2D eigenvalue weighted by atomic mass is 10.0. The highest BCUT2D eigenvalue weighted by atomic mass is 16.2. The maximum atomic E-state index is 12.9. The van der Waals surface area contributed by atoms with Crippen LogP contribution in [0, 0.1) is 11.8 Å². The number of rotatable bonds is 5. The van der Waals surface area contributed by atoms with Crippen LogP contribution < -0.4 is 5.32 Å². The maximum Gasteiger partial charge on any atom is 0.227 e. The second-order valence-corrected chi connectivity index (χ2v) is 8.04. The minimum Gasteiger partial charge on any atom is -0.353 e. The van der Waals surface area contributed by atoms with Crippen LogP contribution in [0.3, 0.4) is 0 Å². The normalized spacial score (nSPS) is 23.6. The van der Waals surface area contributed by atoms with Crippen LogP contribution in [-0.4, -0.2) is 53.2 Å². The smallest absolute Gasteiger partial charge is 0.227 e. The van der Waals surface area contributed by atoms with Crippen LogP contribution in [0.2, 0.25) is 0 Å². The van der Waals surface area contributed by atoms with E-state index in [9.17, 15) is 14.4 Å². The fourth-order valence-corrected chi connectivity index (χ4v) is 4.06. The number of amides is 3. The number of nitrogens with one attached hydrogen (secondary N) is 1. The van der Waals surface area contributed by atoms with Gasteiger partial charge in [0.25, 0.3) is 0 Å². The summed E-state index contributed by atoms with van der Waals surface area (Å²) >= 11 is 0. The first-order valence-corrected chi connectivity index (χ1v) is 10.0. The van der Waals surface area contributed by atoms with Crippen molar-refractivity contribution in [2.24, 2.45) is 11.8 Å². The topological polar surface area (TPSA) is 69.7 Å². The summed E-state index contributed by atoms with van der Waals surface area (Å²) in [6, 6.07) is 10.1. The molecule has 1 unspecified atom stereocenters. The molecule has 1 atom stereocenters. The molecular formula is C21H27N3O3. The third kappa shape index (κ3) is 4.31. The van der Waals surface area contributed by atoms with Crippen LogP contribution in [0.25, 0.3) is 0 Å². The van der Waals surface area contributed by atoms with E-state index in [1.54, 1.807) is 4.90 Å². The Morgan fingerprint density at radius 1 is 1.00 bits per heavy atom. The molecular weight excluding hydrogens is 342 g/mol. The van der Waals surface area contributed by atoms with Crippen molar-refractivity contribution in [3.8, 4) is 0 Å². The van der Waals surface area contributed by atoms with E-state index in [-0.39, 0.29) is 35.6 Å².